The van der Waals surface area contributed by atoms with Crippen LogP contribution in [-0.4, -0.2) is 53.7 Å². The first-order chi connectivity index (χ1) is 8.85. The minimum atomic E-state index is -3.28. The second-order valence-corrected chi connectivity index (χ2v) is 9.20. The Balaban J connectivity index is 2.20. The number of hydrogen-bond donors (Lipinski definition) is 2. The van der Waals surface area contributed by atoms with Crippen molar-refractivity contribution < 1.29 is 16.8 Å². The van der Waals surface area contributed by atoms with Crippen LogP contribution in [0.1, 0.15) is 26.2 Å². The van der Waals surface area contributed by atoms with Gasteiger partial charge in [0.1, 0.15) is 0 Å². The molecule has 1 heterocycles. The van der Waals surface area contributed by atoms with E-state index >= 15 is 0 Å². The lowest BCUT2D eigenvalue weighted by atomic mass is 10.1. The summed E-state index contributed by atoms with van der Waals surface area (Å²) in [6.45, 7) is 3.88. The van der Waals surface area contributed by atoms with Crippen LogP contribution < -0.4 is 10.0 Å². The van der Waals surface area contributed by atoms with E-state index in [1.54, 1.807) is 0 Å². The van der Waals surface area contributed by atoms with Gasteiger partial charge in [0.25, 0.3) is 0 Å². The smallest absolute Gasteiger partial charge is 0.211 e. The predicted molar refractivity (Wildman–Crippen MR) is 76.3 cm³/mol. The van der Waals surface area contributed by atoms with E-state index in [-0.39, 0.29) is 29.7 Å². The lowest BCUT2D eigenvalue weighted by Gasteiger charge is -2.10. The largest absolute Gasteiger partial charge is 0.317 e. The number of sulfonamides is 1. The van der Waals surface area contributed by atoms with Gasteiger partial charge >= 0.3 is 0 Å². The SMILES string of the molecule is CCCNCCCS(=O)(=O)NCC1CCS(=O)(=O)C1. The van der Waals surface area contributed by atoms with Gasteiger partial charge in [0.05, 0.1) is 17.3 Å². The topological polar surface area (TPSA) is 92.3 Å². The molecule has 0 bridgehead atoms. The fourth-order valence-corrected chi connectivity index (χ4v) is 5.06. The molecule has 0 aromatic rings. The molecule has 114 valence electrons. The third-order valence-corrected chi connectivity index (χ3v) is 6.38. The molecule has 8 heteroatoms. The molecule has 0 saturated carbocycles. The van der Waals surface area contributed by atoms with Gasteiger partial charge < -0.3 is 5.32 Å². The zero-order chi connectivity index (χ0) is 14.4. The van der Waals surface area contributed by atoms with Crippen LogP contribution >= 0.6 is 0 Å². The van der Waals surface area contributed by atoms with Gasteiger partial charge in [-0.1, -0.05) is 6.92 Å². The van der Waals surface area contributed by atoms with E-state index < -0.39 is 19.9 Å². The first kappa shape index (κ1) is 16.9. The van der Waals surface area contributed by atoms with Crippen LogP contribution in [0.4, 0.5) is 0 Å². The Bertz CT molecular complexity index is 459. The second kappa shape index (κ2) is 7.56. The predicted octanol–water partition coefficient (Wildman–Crippen LogP) is -0.270. The maximum atomic E-state index is 11.7. The summed E-state index contributed by atoms with van der Waals surface area (Å²) < 4.78 is 48.4. The summed E-state index contributed by atoms with van der Waals surface area (Å²) in [5.41, 5.74) is 0. The summed E-state index contributed by atoms with van der Waals surface area (Å²) in [6, 6.07) is 0. The minimum absolute atomic E-state index is 0.0713. The van der Waals surface area contributed by atoms with Crippen molar-refractivity contribution in [1.82, 2.24) is 10.0 Å². The fraction of sp³-hybridized carbons (Fsp3) is 1.00. The Kier molecular flexibility index (Phi) is 6.72. The Labute approximate surface area is 116 Å². The normalized spacial score (nSPS) is 22.7. The Morgan fingerprint density at radius 1 is 1.26 bits per heavy atom. The summed E-state index contributed by atoms with van der Waals surface area (Å²) in [5, 5.41) is 3.14. The molecule has 0 amide bonds. The molecule has 1 aliphatic heterocycles. The van der Waals surface area contributed by atoms with Gasteiger partial charge in [-0.05, 0) is 38.3 Å². The molecule has 2 N–H and O–H groups in total. The highest BCUT2D eigenvalue weighted by Crippen LogP contribution is 2.17. The van der Waals surface area contributed by atoms with Crippen LogP contribution in [0.25, 0.3) is 0 Å². The Morgan fingerprint density at radius 2 is 2.00 bits per heavy atom. The second-order valence-electron chi connectivity index (χ2n) is 5.04. The van der Waals surface area contributed by atoms with Gasteiger partial charge in [-0.25, -0.2) is 21.6 Å². The molecule has 0 spiro atoms. The van der Waals surface area contributed by atoms with Crippen LogP contribution in [0.3, 0.4) is 0 Å². The monoisotopic (exact) mass is 312 g/mol. The summed E-state index contributed by atoms with van der Waals surface area (Å²) in [6.07, 6.45) is 2.16. The molecule has 1 saturated heterocycles. The van der Waals surface area contributed by atoms with Crippen molar-refractivity contribution in [2.24, 2.45) is 5.92 Å². The zero-order valence-corrected chi connectivity index (χ0v) is 13.0. The van der Waals surface area contributed by atoms with E-state index in [0.29, 0.717) is 19.4 Å². The van der Waals surface area contributed by atoms with E-state index in [4.69, 9.17) is 0 Å². The molecule has 1 aliphatic rings. The van der Waals surface area contributed by atoms with Gasteiger partial charge in [-0.3, -0.25) is 0 Å². The molecule has 1 rings (SSSR count). The number of rotatable bonds is 9. The highest BCUT2D eigenvalue weighted by atomic mass is 32.2. The molecule has 6 nitrogen and oxygen atoms in total. The van der Waals surface area contributed by atoms with Gasteiger partial charge in [0.15, 0.2) is 9.84 Å². The maximum Gasteiger partial charge on any atom is 0.211 e. The first-order valence-corrected chi connectivity index (χ1v) is 10.2. The summed E-state index contributed by atoms with van der Waals surface area (Å²) in [4.78, 5) is 0. The van der Waals surface area contributed by atoms with Crippen molar-refractivity contribution in [2.75, 3.05) is 36.9 Å². The van der Waals surface area contributed by atoms with Gasteiger partial charge in [0, 0.05) is 6.54 Å². The third kappa shape index (κ3) is 7.24. The lowest BCUT2D eigenvalue weighted by Crippen LogP contribution is -2.32. The molecule has 1 atom stereocenters. The van der Waals surface area contributed by atoms with E-state index in [9.17, 15) is 16.8 Å². The average Bonchev–Trinajstić information content (AvgIpc) is 2.66. The van der Waals surface area contributed by atoms with Crippen molar-refractivity contribution >= 4 is 19.9 Å². The highest BCUT2D eigenvalue weighted by molar-refractivity contribution is 7.91. The van der Waals surface area contributed by atoms with Crippen molar-refractivity contribution in [3.05, 3.63) is 0 Å². The van der Waals surface area contributed by atoms with Crippen molar-refractivity contribution in [1.29, 1.82) is 0 Å². The Morgan fingerprint density at radius 3 is 2.58 bits per heavy atom. The number of hydrogen-bond acceptors (Lipinski definition) is 5. The zero-order valence-electron chi connectivity index (χ0n) is 11.4. The molecule has 0 aromatic heterocycles. The first-order valence-electron chi connectivity index (χ1n) is 6.73. The van der Waals surface area contributed by atoms with Crippen molar-refractivity contribution in [3.63, 3.8) is 0 Å². The summed E-state index contributed by atoms with van der Waals surface area (Å²) >= 11 is 0. The molecule has 19 heavy (non-hydrogen) atoms. The van der Waals surface area contributed by atoms with Crippen molar-refractivity contribution in [2.45, 2.75) is 26.2 Å². The van der Waals surface area contributed by atoms with Crippen LogP contribution in [0.5, 0.6) is 0 Å². The standard InChI is InChI=1S/C11H24N2O4S2/c1-2-5-12-6-3-7-19(16,17)13-9-11-4-8-18(14,15)10-11/h11-13H,2-10H2,1H3. The van der Waals surface area contributed by atoms with E-state index in [2.05, 4.69) is 17.0 Å². The van der Waals surface area contributed by atoms with Crippen molar-refractivity contribution in [3.8, 4) is 0 Å². The van der Waals surface area contributed by atoms with E-state index in [1.165, 1.54) is 0 Å². The minimum Gasteiger partial charge on any atom is -0.317 e. The summed E-state index contributed by atoms with van der Waals surface area (Å²) in [5.74, 6) is 0.301. The van der Waals surface area contributed by atoms with Crippen LogP contribution in [0.2, 0.25) is 0 Å². The maximum absolute atomic E-state index is 11.7. The van der Waals surface area contributed by atoms with Crippen LogP contribution in [0.15, 0.2) is 0 Å². The van der Waals surface area contributed by atoms with Gasteiger partial charge in [-0.2, -0.15) is 0 Å². The molecule has 0 aromatic carbocycles. The third-order valence-electron chi connectivity index (χ3n) is 3.11. The van der Waals surface area contributed by atoms with Crippen LogP contribution in [0, 0.1) is 5.92 Å². The summed E-state index contributed by atoms with van der Waals surface area (Å²) in [7, 11) is -6.21. The molecular formula is C11H24N2O4S2. The van der Waals surface area contributed by atoms with E-state index in [0.717, 1.165) is 13.0 Å². The molecule has 0 radical (unpaired) electrons. The Hall–Kier alpha value is -0.180. The molecule has 1 unspecified atom stereocenters. The van der Waals surface area contributed by atoms with E-state index in [1.807, 2.05) is 0 Å². The van der Waals surface area contributed by atoms with Gasteiger partial charge in [-0.15, -0.1) is 0 Å². The van der Waals surface area contributed by atoms with Crippen LogP contribution in [-0.2, 0) is 19.9 Å². The number of sulfone groups is 1. The highest BCUT2D eigenvalue weighted by Gasteiger charge is 2.28. The fourth-order valence-electron chi connectivity index (χ4n) is 2.04. The van der Waals surface area contributed by atoms with Gasteiger partial charge in [0.2, 0.25) is 10.0 Å². The quantitative estimate of drug-likeness (QED) is 0.572. The molecule has 0 aliphatic carbocycles. The average molecular weight is 312 g/mol. The number of nitrogens with one attached hydrogen (secondary N) is 2. The molecule has 1 fully saturated rings. The molecular weight excluding hydrogens is 288 g/mol. The lowest BCUT2D eigenvalue weighted by molar-refractivity contribution is 0.540.